The summed E-state index contributed by atoms with van der Waals surface area (Å²) in [5.74, 6) is -0.529. The first-order valence-corrected chi connectivity index (χ1v) is 4.00. The highest BCUT2D eigenvalue weighted by Crippen LogP contribution is 1.94. The maximum atomic E-state index is 11.6. The van der Waals surface area contributed by atoms with Crippen LogP contribution in [0.1, 0.15) is 10.5 Å². The Balaban J connectivity index is 2.83. The predicted octanol–water partition coefficient (Wildman–Crippen LogP) is -1.39. The molecule has 2 heterocycles. The number of aromatic nitrogens is 5. The standard InChI is InChI=1S/C7H7N5O3/c1-11-7-9-8-3-12(7)5(13)4(10-11)6(14)15-2/h3H,1-2H3. The highest BCUT2D eigenvalue weighted by Gasteiger charge is 2.17. The van der Waals surface area contributed by atoms with E-state index in [2.05, 4.69) is 20.0 Å². The summed E-state index contributed by atoms with van der Waals surface area (Å²) in [6, 6.07) is 0. The molecule has 8 heteroatoms. The fraction of sp³-hybridized carbons (Fsp3) is 0.286. The second-order valence-corrected chi connectivity index (χ2v) is 2.77. The first-order chi connectivity index (χ1) is 7.15. The lowest BCUT2D eigenvalue weighted by Gasteiger charge is -2.02. The molecule has 2 aromatic heterocycles. The number of rotatable bonds is 1. The molecule has 0 radical (unpaired) electrons. The van der Waals surface area contributed by atoms with Gasteiger partial charge in [0.05, 0.1) is 7.11 Å². The first kappa shape index (κ1) is 9.31. The summed E-state index contributed by atoms with van der Waals surface area (Å²) in [5.41, 5.74) is -0.896. The molecule has 8 nitrogen and oxygen atoms in total. The van der Waals surface area contributed by atoms with Crippen molar-refractivity contribution in [1.82, 2.24) is 24.4 Å². The lowest BCUT2D eigenvalue weighted by Crippen LogP contribution is -2.28. The van der Waals surface area contributed by atoms with Crippen LogP contribution in [0.3, 0.4) is 0 Å². The van der Waals surface area contributed by atoms with E-state index < -0.39 is 11.5 Å². The number of nitrogens with zero attached hydrogens (tertiary/aromatic N) is 5. The molecule has 0 N–H and O–H groups in total. The Hall–Kier alpha value is -2.25. The van der Waals surface area contributed by atoms with Gasteiger partial charge in [0.1, 0.15) is 6.33 Å². The van der Waals surface area contributed by atoms with Crippen molar-refractivity contribution in [1.29, 1.82) is 0 Å². The van der Waals surface area contributed by atoms with Crippen molar-refractivity contribution in [2.75, 3.05) is 7.11 Å². The molecule has 0 saturated heterocycles. The summed E-state index contributed by atoms with van der Waals surface area (Å²) in [6.07, 6.45) is 1.21. The lowest BCUT2D eigenvalue weighted by molar-refractivity contribution is 0.0588. The number of aryl methyl sites for hydroxylation is 1. The highest BCUT2D eigenvalue weighted by molar-refractivity contribution is 5.86. The molecule has 0 amide bonds. The van der Waals surface area contributed by atoms with Crippen molar-refractivity contribution in [3.8, 4) is 0 Å². The van der Waals surface area contributed by atoms with Gasteiger partial charge in [-0.2, -0.15) is 5.10 Å². The molecule has 0 saturated carbocycles. The van der Waals surface area contributed by atoms with Gasteiger partial charge in [0.15, 0.2) is 0 Å². The fourth-order valence-corrected chi connectivity index (χ4v) is 1.17. The van der Waals surface area contributed by atoms with Gasteiger partial charge in [-0.25, -0.2) is 13.9 Å². The highest BCUT2D eigenvalue weighted by atomic mass is 16.5. The molecule has 0 aliphatic heterocycles. The summed E-state index contributed by atoms with van der Waals surface area (Å²) in [5, 5.41) is 11.0. The third kappa shape index (κ3) is 1.26. The second-order valence-electron chi connectivity index (χ2n) is 2.77. The average Bonchev–Trinajstić information content (AvgIpc) is 2.71. The Kier molecular flexibility index (Phi) is 1.96. The third-order valence-electron chi connectivity index (χ3n) is 1.87. The molecule has 15 heavy (non-hydrogen) atoms. The summed E-state index contributed by atoms with van der Waals surface area (Å²) in [7, 11) is 2.73. The topological polar surface area (TPSA) is 91.4 Å². The zero-order valence-corrected chi connectivity index (χ0v) is 8.04. The Morgan fingerprint density at radius 1 is 1.53 bits per heavy atom. The molecular weight excluding hydrogens is 202 g/mol. The molecular formula is C7H7N5O3. The van der Waals surface area contributed by atoms with E-state index in [1.807, 2.05) is 0 Å². The second kappa shape index (κ2) is 3.15. The molecule has 0 aliphatic carbocycles. The van der Waals surface area contributed by atoms with E-state index in [1.54, 1.807) is 7.05 Å². The number of methoxy groups -OCH3 is 1. The van der Waals surface area contributed by atoms with Crippen LogP contribution in [0.2, 0.25) is 0 Å². The van der Waals surface area contributed by atoms with Crippen LogP contribution < -0.4 is 5.56 Å². The van der Waals surface area contributed by atoms with Gasteiger partial charge < -0.3 is 4.74 Å². The smallest absolute Gasteiger partial charge is 0.364 e. The number of carbonyl (C=O) groups excluding carboxylic acids is 1. The molecule has 0 aromatic carbocycles. The van der Waals surface area contributed by atoms with Gasteiger partial charge in [-0.3, -0.25) is 4.79 Å². The molecule has 0 atom stereocenters. The zero-order valence-electron chi connectivity index (χ0n) is 8.04. The molecule has 78 valence electrons. The van der Waals surface area contributed by atoms with Gasteiger partial charge >= 0.3 is 5.97 Å². The summed E-state index contributed by atoms with van der Waals surface area (Å²) in [6.45, 7) is 0. The SMILES string of the molecule is COC(=O)c1nn(C)c2nncn2c1=O. The number of hydrogen-bond donors (Lipinski definition) is 0. The number of hydrogen-bond acceptors (Lipinski definition) is 6. The van der Waals surface area contributed by atoms with Crippen molar-refractivity contribution >= 4 is 11.7 Å². The number of esters is 1. The molecule has 2 aromatic rings. The van der Waals surface area contributed by atoms with Gasteiger partial charge in [0.2, 0.25) is 5.69 Å². The van der Waals surface area contributed by atoms with Crippen LogP contribution >= 0.6 is 0 Å². The van der Waals surface area contributed by atoms with Crippen molar-refractivity contribution in [2.45, 2.75) is 0 Å². The predicted molar refractivity (Wildman–Crippen MR) is 47.4 cm³/mol. The molecule has 0 unspecified atom stereocenters. The minimum Gasteiger partial charge on any atom is -0.464 e. The normalized spacial score (nSPS) is 10.5. The van der Waals surface area contributed by atoms with Gasteiger partial charge in [-0.05, 0) is 0 Å². The summed E-state index contributed by atoms with van der Waals surface area (Å²) >= 11 is 0. The first-order valence-electron chi connectivity index (χ1n) is 4.00. The quantitative estimate of drug-likeness (QED) is 0.537. The van der Waals surface area contributed by atoms with Crippen LogP contribution in [0.5, 0.6) is 0 Å². The summed E-state index contributed by atoms with van der Waals surface area (Å²) < 4.78 is 6.83. The van der Waals surface area contributed by atoms with Gasteiger partial charge in [-0.15, -0.1) is 10.2 Å². The van der Waals surface area contributed by atoms with Crippen LogP contribution in [0.25, 0.3) is 5.78 Å². The van der Waals surface area contributed by atoms with Gasteiger partial charge in [0.25, 0.3) is 11.3 Å². The van der Waals surface area contributed by atoms with E-state index >= 15 is 0 Å². The van der Waals surface area contributed by atoms with Crippen LogP contribution in [-0.4, -0.2) is 37.5 Å². The van der Waals surface area contributed by atoms with Crippen LogP contribution in [0.4, 0.5) is 0 Å². The van der Waals surface area contributed by atoms with Crippen molar-refractivity contribution in [3.63, 3.8) is 0 Å². The van der Waals surface area contributed by atoms with Gasteiger partial charge in [-0.1, -0.05) is 0 Å². The molecule has 2 rings (SSSR count). The maximum absolute atomic E-state index is 11.6. The molecule has 0 fully saturated rings. The van der Waals surface area contributed by atoms with E-state index in [-0.39, 0.29) is 11.5 Å². The molecule has 0 spiro atoms. The fourth-order valence-electron chi connectivity index (χ4n) is 1.17. The minimum atomic E-state index is -0.786. The zero-order chi connectivity index (χ0) is 11.0. The monoisotopic (exact) mass is 209 g/mol. The average molecular weight is 209 g/mol. The molecule has 0 aliphatic rings. The van der Waals surface area contributed by atoms with E-state index in [0.29, 0.717) is 0 Å². The Bertz CT molecular complexity index is 584. The van der Waals surface area contributed by atoms with E-state index in [4.69, 9.17) is 0 Å². The van der Waals surface area contributed by atoms with Crippen molar-refractivity contribution < 1.29 is 9.53 Å². The molecule has 0 bridgehead atoms. The van der Waals surface area contributed by atoms with E-state index in [9.17, 15) is 9.59 Å². The Morgan fingerprint density at radius 3 is 2.93 bits per heavy atom. The largest absolute Gasteiger partial charge is 0.464 e. The number of fused-ring (bicyclic) bond motifs is 1. The van der Waals surface area contributed by atoms with Crippen molar-refractivity contribution in [3.05, 3.63) is 22.4 Å². The van der Waals surface area contributed by atoms with E-state index in [1.165, 1.54) is 18.1 Å². The Morgan fingerprint density at radius 2 is 2.27 bits per heavy atom. The number of ether oxygens (including phenoxy) is 1. The number of carbonyl (C=O) groups is 1. The Labute approximate surface area is 83.1 Å². The van der Waals surface area contributed by atoms with Crippen LogP contribution in [-0.2, 0) is 11.8 Å². The van der Waals surface area contributed by atoms with Crippen LogP contribution in [0.15, 0.2) is 11.1 Å². The minimum absolute atomic E-state index is 0.257. The van der Waals surface area contributed by atoms with Crippen molar-refractivity contribution in [2.24, 2.45) is 7.05 Å². The third-order valence-corrected chi connectivity index (χ3v) is 1.87. The van der Waals surface area contributed by atoms with E-state index in [0.717, 1.165) is 4.40 Å². The lowest BCUT2D eigenvalue weighted by atomic mass is 10.4. The van der Waals surface area contributed by atoms with Gasteiger partial charge in [0, 0.05) is 7.05 Å². The maximum Gasteiger partial charge on any atom is 0.364 e. The summed E-state index contributed by atoms with van der Waals surface area (Å²) in [4.78, 5) is 22.8. The van der Waals surface area contributed by atoms with Crippen LogP contribution in [0, 0.1) is 0 Å².